The number of aromatic nitrogens is 4. The lowest BCUT2D eigenvalue weighted by atomic mass is 9.93. The van der Waals surface area contributed by atoms with Crippen LogP contribution in [0.15, 0.2) is 42.5 Å². The molecular formula is C33H35FN6O5. The molecule has 1 amide bonds. The number of hydrogen-bond acceptors (Lipinski definition) is 8. The molecule has 7 rings (SSSR count). The van der Waals surface area contributed by atoms with Gasteiger partial charge in [0.15, 0.2) is 5.65 Å². The number of benzene rings is 1. The van der Waals surface area contributed by atoms with E-state index in [2.05, 4.69) is 17.1 Å². The number of anilines is 1. The molecule has 1 saturated carbocycles. The molecule has 1 aromatic carbocycles. The summed E-state index contributed by atoms with van der Waals surface area (Å²) in [5.41, 5.74) is 4.41. The highest BCUT2D eigenvalue weighted by Crippen LogP contribution is 2.42. The Labute approximate surface area is 259 Å². The van der Waals surface area contributed by atoms with Crippen LogP contribution < -0.4 is 9.64 Å². The fourth-order valence-electron chi connectivity index (χ4n) is 6.49. The number of ether oxygens (including phenoxy) is 2. The van der Waals surface area contributed by atoms with Crippen LogP contribution in [0, 0.1) is 11.9 Å². The van der Waals surface area contributed by atoms with Crippen molar-refractivity contribution >= 4 is 23.3 Å². The maximum absolute atomic E-state index is 15.9. The lowest BCUT2D eigenvalue weighted by Gasteiger charge is -2.35. The van der Waals surface area contributed by atoms with Gasteiger partial charge in [0, 0.05) is 50.5 Å². The fraction of sp³-hybridized carbons (Fsp3) is 0.424. The normalized spacial score (nSPS) is 19.6. The summed E-state index contributed by atoms with van der Waals surface area (Å²) < 4.78 is 28.8. The number of carboxylic acids is 1. The molecule has 4 aromatic rings. The zero-order valence-electron chi connectivity index (χ0n) is 25.3. The van der Waals surface area contributed by atoms with Gasteiger partial charge in [0.1, 0.15) is 29.6 Å². The molecule has 11 nitrogen and oxygen atoms in total. The average molecular weight is 615 g/mol. The third kappa shape index (κ3) is 5.47. The lowest BCUT2D eigenvalue weighted by Crippen LogP contribution is -2.39. The second kappa shape index (κ2) is 11.7. The van der Waals surface area contributed by atoms with Crippen LogP contribution in [0.25, 0.3) is 16.9 Å². The van der Waals surface area contributed by atoms with E-state index in [1.165, 1.54) is 5.56 Å². The summed E-state index contributed by atoms with van der Waals surface area (Å²) in [5, 5.41) is 14.2. The Morgan fingerprint density at radius 1 is 1.07 bits per heavy atom. The van der Waals surface area contributed by atoms with Crippen molar-refractivity contribution in [1.82, 2.24) is 24.5 Å². The molecule has 1 N–H and O–H groups in total. The van der Waals surface area contributed by atoms with Gasteiger partial charge in [-0.3, -0.25) is 9.59 Å². The van der Waals surface area contributed by atoms with Crippen molar-refractivity contribution < 1.29 is 28.6 Å². The fourth-order valence-corrected chi connectivity index (χ4v) is 6.49. The molecule has 0 bridgehead atoms. The number of carbonyl (C=O) groups excluding carboxylic acids is 1. The zero-order valence-corrected chi connectivity index (χ0v) is 25.3. The van der Waals surface area contributed by atoms with Gasteiger partial charge in [-0.1, -0.05) is 24.3 Å². The Balaban J connectivity index is 1.26. The first-order valence-corrected chi connectivity index (χ1v) is 15.4. The monoisotopic (exact) mass is 614 g/mol. The van der Waals surface area contributed by atoms with Crippen molar-refractivity contribution in [3.8, 4) is 17.0 Å². The highest BCUT2D eigenvalue weighted by Gasteiger charge is 2.34. The van der Waals surface area contributed by atoms with Crippen LogP contribution >= 0.6 is 0 Å². The smallest absolute Gasteiger partial charge is 0.308 e. The SMILES string of the molecule is COCCOc1cc(N2CC[C@H](C(=O)O)C2)nc(F)c1-c1cc2nc(C(=O)N3CCc4ccccc4[C@H]3C)cc(C3CC3)n2n1. The maximum Gasteiger partial charge on any atom is 0.308 e. The molecule has 0 radical (unpaired) electrons. The third-order valence-electron chi connectivity index (χ3n) is 9.11. The van der Waals surface area contributed by atoms with Crippen LogP contribution in [0.1, 0.15) is 65.5 Å². The summed E-state index contributed by atoms with van der Waals surface area (Å²) in [4.78, 5) is 38.0. The van der Waals surface area contributed by atoms with Gasteiger partial charge in [-0.05, 0) is 49.8 Å². The summed E-state index contributed by atoms with van der Waals surface area (Å²) in [6.45, 7) is 3.78. The topological polar surface area (TPSA) is 122 Å². The Hall–Kier alpha value is -4.58. The minimum absolute atomic E-state index is 0.0743. The summed E-state index contributed by atoms with van der Waals surface area (Å²) >= 11 is 0. The van der Waals surface area contributed by atoms with E-state index >= 15 is 4.39 Å². The van der Waals surface area contributed by atoms with Crippen molar-refractivity contribution in [2.45, 2.75) is 44.6 Å². The van der Waals surface area contributed by atoms with Crippen LogP contribution in [-0.2, 0) is 16.0 Å². The predicted octanol–water partition coefficient (Wildman–Crippen LogP) is 4.50. The standard InChI is InChI=1S/C33H35FN6O5/c1-19-23-6-4-3-5-20(23)10-12-39(19)32(41)25-15-26(21-7-8-21)40-29(35-25)16-24(37-40)30-27(45-14-13-44-2)17-28(36-31(30)34)38-11-9-22(18-38)33(42)43/h3-6,15-17,19,21-22H,7-14,18H2,1-2H3,(H,42,43)/t19-,22+/m1/s1. The van der Waals surface area contributed by atoms with Crippen molar-refractivity contribution in [3.63, 3.8) is 0 Å². The number of nitrogens with zero attached hydrogens (tertiary/aromatic N) is 6. The second-order valence-electron chi connectivity index (χ2n) is 12.0. The van der Waals surface area contributed by atoms with Crippen molar-refractivity contribution in [3.05, 3.63) is 70.9 Å². The number of halogens is 1. The molecule has 2 aliphatic heterocycles. The highest BCUT2D eigenvalue weighted by molar-refractivity contribution is 5.93. The molecule has 2 atom stereocenters. The molecule has 3 aliphatic rings. The van der Waals surface area contributed by atoms with Gasteiger partial charge < -0.3 is 24.4 Å². The van der Waals surface area contributed by atoms with Gasteiger partial charge in [0.05, 0.1) is 24.1 Å². The van der Waals surface area contributed by atoms with E-state index in [0.717, 1.165) is 30.5 Å². The number of pyridine rings is 1. The van der Waals surface area contributed by atoms with E-state index < -0.39 is 17.8 Å². The highest BCUT2D eigenvalue weighted by atomic mass is 19.1. The summed E-state index contributed by atoms with van der Waals surface area (Å²) in [6.07, 6.45) is 3.17. The lowest BCUT2D eigenvalue weighted by molar-refractivity contribution is -0.140. The Bertz CT molecular complexity index is 1790. The van der Waals surface area contributed by atoms with Gasteiger partial charge in [0.2, 0.25) is 5.95 Å². The number of methoxy groups -OCH3 is 1. The minimum Gasteiger partial charge on any atom is -0.490 e. The van der Waals surface area contributed by atoms with Gasteiger partial charge in [-0.2, -0.15) is 9.49 Å². The van der Waals surface area contributed by atoms with E-state index in [0.29, 0.717) is 36.7 Å². The molecule has 45 heavy (non-hydrogen) atoms. The number of carboxylic acid groups (broad SMARTS) is 1. The largest absolute Gasteiger partial charge is 0.490 e. The number of aliphatic carboxylic acids is 1. The van der Waals surface area contributed by atoms with E-state index in [9.17, 15) is 14.7 Å². The molecule has 1 saturated heterocycles. The molecule has 3 aromatic heterocycles. The summed E-state index contributed by atoms with van der Waals surface area (Å²) in [6, 6.07) is 13.2. The van der Waals surface area contributed by atoms with Crippen LogP contribution in [0.3, 0.4) is 0 Å². The molecule has 0 spiro atoms. The molecule has 2 fully saturated rings. The number of carbonyl (C=O) groups is 2. The number of amides is 1. The molecule has 234 valence electrons. The average Bonchev–Trinajstić information content (AvgIpc) is 3.59. The van der Waals surface area contributed by atoms with E-state index in [-0.39, 0.29) is 54.6 Å². The number of hydrogen-bond donors (Lipinski definition) is 1. The third-order valence-corrected chi connectivity index (χ3v) is 9.11. The molecule has 12 heteroatoms. The van der Waals surface area contributed by atoms with Gasteiger partial charge in [-0.25, -0.2) is 14.5 Å². The van der Waals surface area contributed by atoms with E-state index in [4.69, 9.17) is 19.6 Å². The molecule has 1 aliphatic carbocycles. The van der Waals surface area contributed by atoms with Gasteiger partial charge in [0.25, 0.3) is 5.91 Å². The second-order valence-corrected chi connectivity index (χ2v) is 12.0. The van der Waals surface area contributed by atoms with Crippen LogP contribution in [0.4, 0.5) is 10.2 Å². The van der Waals surface area contributed by atoms with Crippen molar-refractivity contribution in [1.29, 1.82) is 0 Å². The Morgan fingerprint density at radius 2 is 1.89 bits per heavy atom. The number of rotatable bonds is 9. The summed E-state index contributed by atoms with van der Waals surface area (Å²) in [5.74, 6) is -1.60. The van der Waals surface area contributed by atoms with E-state index in [1.54, 1.807) is 28.7 Å². The summed E-state index contributed by atoms with van der Waals surface area (Å²) in [7, 11) is 1.55. The first-order chi connectivity index (χ1) is 21.8. The molecular weight excluding hydrogens is 579 g/mol. The Kier molecular flexibility index (Phi) is 7.60. The van der Waals surface area contributed by atoms with Crippen LogP contribution in [0.5, 0.6) is 5.75 Å². The van der Waals surface area contributed by atoms with Gasteiger partial charge in [-0.15, -0.1) is 0 Å². The zero-order chi connectivity index (χ0) is 31.2. The minimum atomic E-state index is -0.882. The van der Waals surface area contributed by atoms with E-state index in [1.807, 2.05) is 30.0 Å². The van der Waals surface area contributed by atoms with Crippen molar-refractivity contribution in [2.75, 3.05) is 44.9 Å². The van der Waals surface area contributed by atoms with Crippen LogP contribution in [-0.4, -0.2) is 81.4 Å². The predicted molar refractivity (Wildman–Crippen MR) is 163 cm³/mol. The van der Waals surface area contributed by atoms with Crippen molar-refractivity contribution in [2.24, 2.45) is 5.92 Å². The molecule has 0 unspecified atom stereocenters. The van der Waals surface area contributed by atoms with Crippen LogP contribution in [0.2, 0.25) is 0 Å². The quantitative estimate of drug-likeness (QED) is 0.214. The molecule has 5 heterocycles. The Morgan fingerprint density at radius 3 is 2.64 bits per heavy atom. The first-order valence-electron chi connectivity index (χ1n) is 15.4. The maximum atomic E-state index is 15.9. The number of fused-ring (bicyclic) bond motifs is 2. The first kappa shape index (κ1) is 29.1. The van der Waals surface area contributed by atoms with Gasteiger partial charge >= 0.3 is 5.97 Å².